The highest BCUT2D eigenvalue weighted by Crippen LogP contribution is 2.89. The minimum absolute atomic E-state index is 0.252. The van der Waals surface area contributed by atoms with E-state index in [0.29, 0.717) is 22.2 Å². The maximum Gasteiger partial charge on any atom is 0.303 e. The summed E-state index contributed by atoms with van der Waals surface area (Å²) in [6.07, 6.45) is 11.8. The van der Waals surface area contributed by atoms with Crippen LogP contribution < -0.4 is 0 Å². The highest BCUT2D eigenvalue weighted by Gasteiger charge is 2.83. The molecule has 35 heavy (non-hydrogen) atoms. The molecule has 196 valence electrons. The molecule has 9 atom stereocenters. The molecule has 6 aliphatic rings. The first kappa shape index (κ1) is 24.3. The van der Waals surface area contributed by atoms with Crippen LogP contribution in [-0.4, -0.2) is 28.9 Å². The van der Waals surface area contributed by atoms with Crippen LogP contribution in [0.3, 0.4) is 0 Å². The predicted octanol–water partition coefficient (Wildman–Crippen LogP) is 6.80. The molecule has 4 saturated carbocycles. The largest absolute Gasteiger partial charge is 0.491 e. The molecule has 1 N–H and O–H groups in total. The molecule has 3 unspecified atom stereocenters. The fourth-order valence-electron chi connectivity index (χ4n) is 11.6. The van der Waals surface area contributed by atoms with Gasteiger partial charge in [0.1, 0.15) is 6.10 Å². The van der Waals surface area contributed by atoms with Crippen LogP contribution in [0.2, 0.25) is 0 Å². The molecule has 0 bridgehead atoms. The monoisotopic (exact) mass is 484 g/mol. The number of aliphatic hydroxyl groups is 1. The Labute approximate surface area is 212 Å². The van der Waals surface area contributed by atoms with Crippen molar-refractivity contribution in [1.82, 2.24) is 0 Å². The number of rotatable bonds is 3. The molecule has 1 heterocycles. The fraction of sp³-hybridized carbons (Fsp3) is 0.903. The average Bonchev–Trinajstić information content (AvgIpc) is 3.13. The lowest BCUT2D eigenvalue weighted by atomic mass is 9.46. The number of esters is 1. The van der Waals surface area contributed by atoms with E-state index in [0.717, 1.165) is 37.0 Å². The molecule has 6 rings (SSSR count). The van der Waals surface area contributed by atoms with E-state index in [-0.39, 0.29) is 17.5 Å². The van der Waals surface area contributed by atoms with Gasteiger partial charge in [-0.25, -0.2) is 0 Å². The molecule has 0 amide bonds. The van der Waals surface area contributed by atoms with E-state index in [4.69, 9.17) is 9.47 Å². The number of hydrogen-bond acceptors (Lipinski definition) is 4. The van der Waals surface area contributed by atoms with Crippen LogP contribution in [0.15, 0.2) is 11.3 Å². The minimum atomic E-state index is -1.13. The molecule has 0 aromatic heterocycles. The van der Waals surface area contributed by atoms with E-state index in [9.17, 15) is 9.90 Å². The lowest BCUT2D eigenvalue weighted by Crippen LogP contribution is -2.50. The smallest absolute Gasteiger partial charge is 0.303 e. The van der Waals surface area contributed by atoms with Gasteiger partial charge in [0.15, 0.2) is 6.10 Å². The normalized spacial score (nSPS) is 48.4. The molecule has 0 saturated heterocycles. The number of fused-ring (bicyclic) bond motifs is 3. The van der Waals surface area contributed by atoms with Gasteiger partial charge in [0.05, 0.1) is 11.4 Å². The number of allylic oxidation sites excluding steroid dienone is 2. The first-order valence-corrected chi connectivity index (χ1v) is 14.6. The Hall–Kier alpha value is -1.03. The molecule has 0 aromatic rings. The van der Waals surface area contributed by atoms with E-state index in [1.807, 2.05) is 0 Å². The molecule has 0 aromatic carbocycles. The summed E-state index contributed by atoms with van der Waals surface area (Å²) < 4.78 is 12.3. The maximum absolute atomic E-state index is 11.8. The quantitative estimate of drug-likeness (QED) is 0.448. The summed E-state index contributed by atoms with van der Waals surface area (Å²) in [7, 11) is 0. The summed E-state index contributed by atoms with van der Waals surface area (Å²) in [5, 5.41) is 10.8. The Morgan fingerprint density at radius 2 is 1.80 bits per heavy atom. The van der Waals surface area contributed by atoms with Gasteiger partial charge in [0, 0.05) is 13.3 Å². The van der Waals surface area contributed by atoms with Crippen molar-refractivity contribution in [3.8, 4) is 0 Å². The number of carbonyl (C=O) groups excluding carboxylic acids is 1. The minimum Gasteiger partial charge on any atom is -0.491 e. The molecule has 4 heteroatoms. The third-order valence-electron chi connectivity index (χ3n) is 12.8. The molecule has 0 radical (unpaired) electrons. The molecule has 4 fully saturated rings. The Morgan fingerprint density at radius 3 is 2.49 bits per heavy atom. The maximum atomic E-state index is 11.8. The third-order valence-corrected chi connectivity index (χ3v) is 12.8. The highest BCUT2D eigenvalue weighted by atomic mass is 16.6. The van der Waals surface area contributed by atoms with Crippen LogP contribution in [0.5, 0.6) is 0 Å². The van der Waals surface area contributed by atoms with Crippen LogP contribution in [-0.2, 0) is 14.3 Å². The first-order valence-electron chi connectivity index (χ1n) is 14.6. The Bertz CT molecular complexity index is 958. The zero-order valence-corrected chi connectivity index (χ0v) is 23.2. The zero-order valence-electron chi connectivity index (χ0n) is 23.2. The van der Waals surface area contributed by atoms with Gasteiger partial charge in [0.2, 0.25) is 0 Å². The van der Waals surface area contributed by atoms with Gasteiger partial charge in [-0.1, -0.05) is 34.1 Å². The first-order chi connectivity index (χ1) is 16.3. The van der Waals surface area contributed by atoms with Gasteiger partial charge >= 0.3 is 5.97 Å². The molecular weight excluding hydrogens is 436 g/mol. The van der Waals surface area contributed by atoms with E-state index in [1.165, 1.54) is 57.6 Å². The zero-order chi connectivity index (χ0) is 25.2. The van der Waals surface area contributed by atoms with E-state index in [1.54, 1.807) is 19.4 Å². The summed E-state index contributed by atoms with van der Waals surface area (Å²) in [5.41, 5.74) is 2.32. The number of ether oxygens (including phenoxy) is 2. The van der Waals surface area contributed by atoms with Crippen molar-refractivity contribution in [1.29, 1.82) is 0 Å². The topological polar surface area (TPSA) is 55.8 Å². The third kappa shape index (κ3) is 2.98. The van der Waals surface area contributed by atoms with E-state index < -0.39 is 11.7 Å². The van der Waals surface area contributed by atoms with Gasteiger partial charge in [-0.2, -0.15) is 0 Å². The Balaban J connectivity index is 1.28. The van der Waals surface area contributed by atoms with Gasteiger partial charge in [-0.15, -0.1) is 0 Å². The molecule has 4 nitrogen and oxygen atoms in total. The van der Waals surface area contributed by atoms with Crippen LogP contribution in [0, 0.1) is 45.3 Å². The van der Waals surface area contributed by atoms with Crippen molar-refractivity contribution in [2.45, 2.75) is 130 Å². The van der Waals surface area contributed by atoms with Crippen molar-refractivity contribution in [2.24, 2.45) is 45.3 Å². The fourth-order valence-corrected chi connectivity index (χ4v) is 11.6. The summed E-state index contributed by atoms with van der Waals surface area (Å²) in [6.45, 7) is 15.2. The van der Waals surface area contributed by atoms with Crippen molar-refractivity contribution in [2.75, 3.05) is 0 Å². The van der Waals surface area contributed by atoms with Crippen molar-refractivity contribution in [3.05, 3.63) is 11.3 Å². The Kier molecular flexibility index (Phi) is 5.07. The van der Waals surface area contributed by atoms with Gasteiger partial charge in [-0.3, -0.25) is 4.79 Å². The molecule has 1 aliphatic heterocycles. The number of carbonyl (C=O) groups is 1. The summed E-state index contributed by atoms with van der Waals surface area (Å²) in [6, 6.07) is 0. The predicted molar refractivity (Wildman–Crippen MR) is 136 cm³/mol. The lowest BCUT2D eigenvalue weighted by molar-refractivity contribution is -0.177. The number of hydrogen-bond donors (Lipinski definition) is 1. The van der Waals surface area contributed by atoms with Gasteiger partial charge in [-0.05, 0) is 116 Å². The summed E-state index contributed by atoms with van der Waals surface area (Å²) >= 11 is 0. The second-order valence-corrected chi connectivity index (χ2v) is 14.9. The molecule has 2 spiro atoms. The van der Waals surface area contributed by atoms with Crippen LogP contribution >= 0.6 is 0 Å². The highest BCUT2D eigenvalue weighted by molar-refractivity contribution is 5.66. The van der Waals surface area contributed by atoms with Gasteiger partial charge in [0.25, 0.3) is 0 Å². The summed E-state index contributed by atoms with van der Waals surface area (Å²) in [4.78, 5) is 11.8. The van der Waals surface area contributed by atoms with Crippen molar-refractivity contribution >= 4 is 5.97 Å². The standard InChI is InChI=1S/C31H48O4/c1-18-30-16-15-29(7)21-9-11-23(26(28(5,6)33)34-19(2)32)35-24(21)17-22(29)20(30)10-12-25-27(3,4)13-8-14-31(18,25)30/h18,20,22-23,25-26,33H,8-17H2,1-7H3/t18-,20-,22?,23+,25?,26+,29+,30-,31?/m0/s1. The van der Waals surface area contributed by atoms with Crippen molar-refractivity contribution < 1.29 is 19.4 Å². The average molecular weight is 485 g/mol. The summed E-state index contributed by atoms with van der Waals surface area (Å²) in [5.74, 6) is 4.09. The second-order valence-electron chi connectivity index (χ2n) is 14.9. The van der Waals surface area contributed by atoms with E-state index >= 15 is 0 Å². The Morgan fingerprint density at radius 1 is 1.06 bits per heavy atom. The molecular formula is C31H48O4. The van der Waals surface area contributed by atoms with Crippen molar-refractivity contribution in [3.63, 3.8) is 0 Å². The van der Waals surface area contributed by atoms with Crippen LogP contribution in [0.25, 0.3) is 0 Å². The SMILES string of the molecule is CC(=O)O[C@H]([C@H]1CCC2=C(CC3[C@@H]4CCC5C(C)(C)CCCC56[C@@H](C)[C@@]46CC[C@]23C)O1)C(C)(C)O. The van der Waals surface area contributed by atoms with E-state index in [2.05, 4.69) is 27.7 Å². The van der Waals surface area contributed by atoms with Gasteiger partial charge < -0.3 is 14.6 Å². The molecule has 5 aliphatic carbocycles. The van der Waals surface area contributed by atoms with Crippen LogP contribution in [0.1, 0.15) is 113 Å². The lowest BCUT2D eigenvalue weighted by Gasteiger charge is -2.58. The van der Waals surface area contributed by atoms with Crippen LogP contribution in [0.4, 0.5) is 0 Å². The second kappa shape index (κ2) is 7.29.